The first-order valence-electron chi connectivity index (χ1n) is 10.5. The first kappa shape index (κ1) is 25.1. The summed E-state index contributed by atoms with van der Waals surface area (Å²) in [5, 5.41) is 11.4. The van der Waals surface area contributed by atoms with Gasteiger partial charge in [0, 0.05) is 65.5 Å². The number of guanidine groups is 1. The van der Waals surface area contributed by atoms with Gasteiger partial charge >= 0.3 is 0 Å². The van der Waals surface area contributed by atoms with Gasteiger partial charge in [-0.3, -0.25) is 14.7 Å². The summed E-state index contributed by atoms with van der Waals surface area (Å²) in [5.74, 6) is 0.943. The van der Waals surface area contributed by atoms with E-state index in [4.69, 9.17) is 0 Å². The van der Waals surface area contributed by atoms with Gasteiger partial charge in [-0.15, -0.1) is 24.0 Å². The number of hydrogen-bond acceptors (Lipinski definition) is 4. The summed E-state index contributed by atoms with van der Waals surface area (Å²) in [6, 6.07) is 10.4. The highest BCUT2D eigenvalue weighted by Gasteiger charge is 2.18. The first-order chi connectivity index (χ1) is 14.5. The van der Waals surface area contributed by atoms with Gasteiger partial charge in [0.15, 0.2) is 5.96 Å². The van der Waals surface area contributed by atoms with Crippen molar-refractivity contribution in [2.75, 3.05) is 46.3 Å². The molecule has 0 saturated carbocycles. The molecule has 0 atom stereocenters. The molecule has 0 radical (unpaired) electrons. The minimum Gasteiger partial charge on any atom is -0.355 e. The molecule has 2 aromatic rings. The van der Waals surface area contributed by atoms with Crippen LogP contribution in [-0.2, 0) is 11.3 Å². The SMILES string of the molecule is CN=C(NCCN1CCN(C(C)=O)CC1)NCc1ccccc1-n1nc(C)cc1C.I. The number of carbonyl (C=O) groups excluding carboxylic acids is 1. The highest BCUT2D eigenvalue weighted by atomic mass is 127. The van der Waals surface area contributed by atoms with E-state index >= 15 is 0 Å². The fraction of sp³-hybridized carbons (Fsp3) is 0.500. The molecule has 9 heteroatoms. The number of hydrogen-bond donors (Lipinski definition) is 2. The largest absolute Gasteiger partial charge is 0.355 e. The summed E-state index contributed by atoms with van der Waals surface area (Å²) in [7, 11) is 1.79. The lowest BCUT2D eigenvalue weighted by atomic mass is 10.1. The highest BCUT2D eigenvalue weighted by molar-refractivity contribution is 14.0. The van der Waals surface area contributed by atoms with Crippen LogP contribution < -0.4 is 10.6 Å². The molecule has 1 aromatic heterocycles. The number of aromatic nitrogens is 2. The average molecular weight is 539 g/mol. The molecule has 3 rings (SSSR count). The van der Waals surface area contributed by atoms with E-state index in [2.05, 4.69) is 50.7 Å². The number of benzene rings is 1. The van der Waals surface area contributed by atoms with Gasteiger partial charge in [0.25, 0.3) is 0 Å². The summed E-state index contributed by atoms with van der Waals surface area (Å²) in [4.78, 5) is 20.1. The number of para-hydroxylation sites is 1. The van der Waals surface area contributed by atoms with Crippen molar-refractivity contribution in [1.82, 2.24) is 30.2 Å². The van der Waals surface area contributed by atoms with E-state index in [1.807, 2.05) is 28.6 Å². The molecule has 1 fully saturated rings. The molecule has 1 amide bonds. The molecule has 0 bridgehead atoms. The van der Waals surface area contributed by atoms with Crippen molar-refractivity contribution >= 4 is 35.8 Å². The van der Waals surface area contributed by atoms with Crippen LogP contribution >= 0.6 is 24.0 Å². The highest BCUT2D eigenvalue weighted by Crippen LogP contribution is 2.16. The summed E-state index contributed by atoms with van der Waals surface area (Å²) < 4.78 is 1.99. The molecule has 0 unspecified atom stereocenters. The van der Waals surface area contributed by atoms with Crippen LogP contribution in [0.1, 0.15) is 23.9 Å². The lowest BCUT2D eigenvalue weighted by molar-refractivity contribution is -0.130. The van der Waals surface area contributed by atoms with E-state index in [-0.39, 0.29) is 29.9 Å². The zero-order valence-electron chi connectivity index (χ0n) is 18.9. The maximum absolute atomic E-state index is 11.4. The van der Waals surface area contributed by atoms with Crippen LogP contribution in [0.3, 0.4) is 0 Å². The van der Waals surface area contributed by atoms with Crippen LogP contribution in [0.25, 0.3) is 5.69 Å². The summed E-state index contributed by atoms with van der Waals surface area (Å²) in [6.07, 6.45) is 0. The zero-order valence-corrected chi connectivity index (χ0v) is 21.2. The molecular weight excluding hydrogens is 505 g/mol. The normalized spacial score (nSPS) is 14.8. The van der Waals surface area contributed by atoms with Crippen LogP contribution in [0.5, 0.6) is 0 Å². The van der Waals surface area contributed by atoms with Gasteiger partial charge < -0.3 is 15.5 Å². The van der Waals surface area contributed by atoms with E-state index in [0.29, 0.717) is 6.54 Å². The molecule has 2 N–H and O–H groups in total. The fourth-order valence-electron chi connectivity index (χ4n) is 3.76. The topological polar surface area (TPSA) is 77.8 Å². The number of piperazine rings is 1. The number of aliphatic imine (C=N–C) groups is 1. The van der Waals surface area contributed by atoms with Gasteiger partial charge in [-0.1, -0.05) is 18.2 Å². The van der Waals surface area contributed by atoms with Gasteiger partial charge in [0.1, 0.15) is 0 Å². The Morgan fingerprint density at radius 3 is 2.45 bits per heavy atom. The van der Waals surface area contributed by atoms with E-state index in [1.54, 1.807) is 14.0 Å². The van der Waals surface area contributed by atoms with Crippen LogP contribution in [0, 0.1) is 13.8 Å². The molecule has 1 aromatic carbocycles. The van der Waals surface area contributed by atoms with E-state index in [9.17, 15) is 4.79 Å². The lowest BCUT2D eigenvalue weighted by Crippen LogP contribution is -2.50. The van der Waals surface area contributed by atoms with Gasteiger partial charge in [0.05, 0.1) is 11.4 Å². The number of carbonyl (C=O) groups is 1. The molecular formula is C22H34IN7O. The first-order valence-corrected chi connectivity index (χ1v) is 10.5. The van der Waals surface area contributed by atoms with Gasteiger partial charge in [-0.05, 0) is 31.5 Å². The van der Waals surface area contributed by atoms with Crippen molar-refractivity contribution in [3.05, 3.63) is 47.3 Å². The maximum atomic E-state index is 11.4. The molecule has 1 aliphatic heterocycles. The molecule has 170 valence electrons. The van der Waals surface area contributed by atoms with Crippen LogP contribution in [0.4, 0.5) is 0 Å². The standard InChI is InChI=1S/C22H33N7O.HI/c1-17-15-18(2)29(26-17)21-8-6-5-7-20(21)16-25-22(23-4)24-9-10-27-11-13-28(14-12-27)19(3)30;/h5-8,15H,9-14,16H2,1-4H3,(H2,23,24,25);1H. The Kier molecular flexibility index (Phi) is 9.76. The second kappa shape index (κ2) is 12.0. The Hall–Kier alpha value is -2.14. The van der Waals surface area contributed by atoms with Crippen molar-refractivity contribution in [2.45, 2.75) is 27.3 Å². The Labute approximate surface area is 202 Å². The zero-order chi connectivity index (χ0) is 21.5. The quantitative estimate of drug-likeness (QED) is 0.334. The third-order valence-electron chi connectivity index (χ3n) is 5.44. The maximum Gasteiger partial charge on any atom is 0.219 e. The molecule has 0 spiro atoms. The van der Waals surface area contributed by atoms with E-state index < -0.39 is 0 Å². The summed E-state index contributed by atoms with van der Waals surface area (Å²) in [5.41, 5.74) is 4.37. The summed E-state index contributed by atoms with van der Waals surface area (Å²) >= 11 is 0. The Balaban J connectivity index is 0.00000341. The number of amides is 1. The van der Waals surface area contributed by atoms with Gasteiger partial charge in [-0.2, -0.15) is 5.10 Å². The monoisotopic (exact) mass is 539 g/mol. The average Bonchev–Trinajstić information content (AvgIpc) is 3.08. The fourth-order valence-corrected chi connectivity index (χ4v) is 3.76. The lowest BCUT2D eigenvalue weighted by Gasteiger charge is -2.34. The third kappa shape index (κ3) is 6.93. The molecule has 1 aliphatic rings. The van der Waals surface area contributed by atoms with Crippen molar-refractivity contribution in [2.24, 2.45) is 4.99 Å². The number of nitrogens with one attached hydrogen (secondary N) is 2. The molecule has 8 nitrogen and oxygen atoms in total. The number of nitrogens with zero attached hydrogens (tertiary/aromatic N) is 5. The second-order valence-corrected chi connectivity index (χ2v) is 7.67. The van der Waals surface area contributed by atoms with Crippen molar-refractivity contribution in [3.8, 4) is 5.69 Å². The minimum absolute atomic E-state index is 0. The van der Waals surface area contributed by atoms with E-state index in [1.165, 1.54) is 0 Å². The third-order valence-corrected chi connectivity index (χ3v) is 5.44. The van der Waals surface area contributed by atoms with Crippen LogP contribution in [-0.4, -0.2) is 77.8 Å². The Morgan fingerprint density at radius 2 is 1.84 bits per heavy atom. The van der Waals surface area contributed by atoms with Crippen molar-refractivity contribution < 1.29 is 4.79 Å². The van der Waals surface area contributed by atoms with Crippen LogP contribution in [0.2, 0.25) is 0 Å². The van der Waals surface area contributed by atoms with Crippen molar-refractivity contribution in [1.29, 1.82) is 0 Å². The molecule has 1 saturated heterocycles. The predicted octanol–water partition coefficient (Wildman–Crippen LogP) is 1.94. The number of aryl methyl sites for hydroxylation is 2. The predicted molar refractivity (Wildman–Crippen MR) is 135 cm³/mol. The van der Waals surface area contributed by atoms with Gasteiger partial charge in [-0.25, -0.2) is 4.68 Å². The molecule has 31 heavy (non-hydrogen) atoms. The van der Waals surface area contributed by atoms with Crippen LogP contribution in [0.15, 0.2) is 35.3 Å². The van der Waals surface area contributed by atoms with Gasteiger partial charge in [0.2, 0.25) is 5.91 Å². The molecule has 2 heterocycles. The Bertz CT molecular complexity index is 888. The minimum atomic E-state index is 0. The summed E-state index contributed by atoms with van der Waals surface area (Å²) in [6.45, 7) is 11.6. The van der Waals surface area contributed by atoms with E-state index in [0.717, 1.165) is 67.9 Å². The second-order valence-electron chi connectivity index (χ2n) is 7.67. The number of halogens is 1. The molecule has 0 aliphatic carbocycles. The van der Waals surface area contributed by atoms with Crippen molar-refractivity contribution in [3.63, 3.8) is 0 Å². The Morgan fingerprint density at radius 1 is 1.13 bits per heavy atom. The smallest absolute Gasteiger partial charge is 0.219 e. The number of rotatable bonds is 6.